The Labute approximate surface area is 115 Å². The van der Waals surface area contributed by atoms with Crippen LogP contribution in [0.25, 0.3) is 0 Å². The highest BCUT2D eigenvalue weighted by molar-refractivity contribution is 7.95. The van der Waals surface area contributed by atoms with Gasteiger partial charge in [-0.05, 0) is 24.3 Å². The molecule has 0 unspecified atom stereocenters. The summed E-state index contributed by atoms with van der Waals surface area (Å²) in [6, 6.07) is 15.4. The molecule has 2 aromatic rings. The van der Waals surface area contributed by atoms with Gasteiger partial charge in [0.05, 0.1) is 12.2 Å². The predicted octanol–water partition coefficient (Wildman–Crippen LogP) is 4.22. The molecule has 0 saturated carbocycles. The molecule has 0 N–H and O–H groups in total. The highest BCUT2D eigenvalue weighted by atomic mass is 32.2. The molecule has 0 heterocycles. The van der Waals surface area contributed by atoms with Crippen LogP contribution >= 0.6 is 12.3 Å². The van der Waals surface area contributed by atoms with Gasteiger partial charge < -0.3 is 0 Å². The zero-order valence-corrected chi connectivity index (χ0v) is 10.8. The molecule has 19 heavy (non-hydrogen) atoms. The number of halogens is 2. The van der Waals surface area contributed by atoms with Crippen LogP contribution in [0, 0.1) is 17.7 Å². The van der Waals surface area contributed by atoms with Crippen molar-refractivity contribution in [1.29, 1.82) is 0 Å². The zero-order valence-electron chi connectivity index (χ0n) is 10.0. The molecule has 0 amide bonds. The van der Waals surface area contributed by atoms with Gasteiger partial charge in [0.15, 0.2) is 12.3 Å². The Hall–Kier alpha value is -1.99. The van der Waals surface area contributed by atoms with Crippen LogP contribution in [-0.2, 0) is 0 Å². The molecular weight excluding hydrogens is 264 g/mol. The summed E-state index contributed by atoms with van der Waals surface area (Å²) in [5, 5.41) is 0. The fourth-order valence-corrected chi connectivity index (χ4v) is 1.87. The van der Waals surface area contributed by atoms with E-state index in [4.69, 9.17) is 0 Å². The standard InChI is InChI=1S/C15H11F2NS/c16-14-10-4-5-11-15(14)18(19-17)12-6-9-13-7-2-1-3-8-13/h1-5,7-8,10-11H,12H2. The van der Waals surface area contributed by atoms with Crippen molar-refractivity contribution in [3.8, 4) is 11.8 Å². The normalized spacial score (nSPS) is 9.58. The molecular formula is C15H11F2NS. The quantitative estimate of drug-likeness (QED) is 0.609. The monoisotopic (exact) mass is 275 g/mol. The van der Waals surface area contributed by atoms with E-state index in [1.807, 2.05) is 30.3 Å². The maximum Gasteiger partial charge on any atom is 0.166 e. The number of benzene rings is 2. The van der Waals surface area contributed by atoms with Crippen molar-refractivity contribution in [3.05, 3.63) is 66.0 Å². The Morgan fingerprint density at radius 1 is 1.00 bits per heavy atom. The third-order valence-electron chi connectivity index (χ3n) is 2.43. The van der Waals surface area contributed by atoms with Gasteiger partial charge in [-0.1, -0.05) is 42.2 Å². The van der Waals surface area contributed by atoms with E-state index in [-0.39, 0.29) is 24.6 Å². The lowest BCUT2D eigenvalue weighted by molar-refractivity contribution is 0.628. The summed E-state index contributed by atoms with van der Waals surface area (Å²) in [7, 11) is 0. The Balaban J connectivity index is 2.09. The lowest BCUT2D eigenvalue weighted by atomic mass is 10.2. The van der Waals surface area contributed by atoms with Crippen molar-refractivity contribution in [3.63, 3.8) is 0 Å². The molecule has 4 heteroatoms. The van der Waals surface area contributed by atoms with E-state index in [1.165, 1.54) is 16.4 Å². The van der Waals surface area contributed by atoms with Crippen molar-refractivity contribution in [2.75, 3.05) is 10.8 Å². The minimum absolute atomic E-state index is 0.0368. The maximum absolute atomic E-state index is 13.5. The smallest absolute Gasteiger partial charge is 0.166 e. The third kappa shape index (κ3) is 3.73. The molecule has 2 rings (SSSR count). The number of hydrogen-bond donors (Lipinski definition) is 0. The molecule has 0 radical (unpaired) electrons. The number of anilines is 1. The SMILES string of the molecule is FSN(CC#Cc1ccccc1)c1ccccc1F. The summed E-state index contributed by atoms with van der Waals surface area (Å²) in [6.07, 6.45) is 0. The van der Waals surface area contributed by atoms with Crippen LogP contribution in [0.1, 0.15) is 5.56 Å². The fraction of sp³-hybridized carbons (Fsp3) is 0.0667. The number of rotatable bonds is 3. The van der Waals surface area contributed by atoms with Gasteiger partial charge in [-0.3, -0.25) is 4.31 Å². The highest BCUT2D eigenvalue weighted by Gasteiger charge is 2.10. The van der Waals surface area contributed by atoms with Crippen molar-refractivity contribution in [2.24, 2.45) is 0 Å². The summed E-state index contributed by atoms with van der Waals surface area (Å²) in [5.41, 5.74) is 1.04. The zero-order chi connectivity index (χ0) is 13.5. The van der Waals surface area contributed by atoms with Gasteiger partial charge in [0.1, 0.15) is 5.82 Å². The molecule has 96 valence electrons. The van der Waals surface area contributed by atoms with Crippen LogP contribution in [0.4, 0.5) is 14.0 Å². The van der Waals surface area contributed by atoms with Crippen molar-refractivity contribution < 1.29 is 8.28 Å². The average Bonchev–Trinajstić information content (AvgIpc) is 2.46. The second-order valence-electron chi connectivity index (χ2n) is 3.72. The van der Waals surface area contributed by atoms with Crippen LogP contribution in [0.15, 0.2) is 54.6 Å². The minimum Gasteiger partial charge on any atom is -0.274 e. The molecule has 0 aliphatic carbocycles. The molecule has 0 aromatic heterocycles. The lowest BCUT2D eigenvalue weighted by Crippen LogP contribution is -2.14. The first kappa shape index (κ1) is 13.4. The second kappa shape index (κ2) is 6.81. The fourth-order valence-electron chi connectivity index (χ4n) is 1.54. The molecule has 0 atom stereocenters. The largest absolute Gasteiger partial charge is 0.274 e. The first-order valence-corrected chi connectivity index (χ1v) is 6.33. The summed E-state index contributed by atoms with van der Waals surface area (Å²) in [4.78, 5) is 0. The van der Waals surface area contributed by atoms with E-state index in [0.717, 1.165) is 5.56 Å². The van der Waals surface area contributed by atoms with Gasteiger partial charge in [0, 0.05) is 5.56 Å². The Kier molecular flexibility index (Phi) is 4.82. The molecule has 2 aromatic carbocycles. The van der Waals surface area contributed by atoms with Gasteiger partial charge in [-0.15, -0.1) is 3.89 Å². The first-order valence-electron chi connectivity index (χ1n) is 5.66. The topological polar surface area (TPSA) is 3.24 Å². The molecule has 1 nitrogen and oxygen atoms in total. The average molecular weight is 275 g/mol. The van der Waals surface area contributed by atoms with Gasteiger partial charge in [-0.2, -0.15) is 0 Å². The third-order valence-corrected chi connectivity index (χ3v) is 2.93. The van der Waals surface area contributed by atoms with Gasteiger partial charge in [0.2, 0.25) is 0 Å². The van der Waals surface area contributed by atoms with Gasteiger partial charge in [-0.25, -0.2) is 4.39 Å². The Bertz CT molecular complexity index is 590. The van der Waals surface area contributed by atoms with E-state index < -0.39 is 5.82 Å². The van der Waals surface area contributed by atoms with Gasteiger partial charge >= 0.3 is 0 Å². The maximum atomic E-state index is 13.5. The first-order chi connectivity index (χ1) is 9.31. The van der Waals surface area contributed by atoms with Crippen molar-refractivity contribution in [2.45, 2.75) is 0 Å². The highest BCUT2D eigenvalue weighted by Crippen LogP contribution is 2.25. The van der Waals surface area contributed by atoms with Gasteiger partial charge in [0.25, 0.3) is 0 Å². The number of para-hydroxylation sites is 1. The summed E-state index contributed by atoms with van der Waals surface area (Å²) in [5.74, 6) is 5.27. The van der Waals surface area contributed by atoms with Crippen LogP contribution in [0.2, 0.25) is 0 Å². The molecule has 0 aliphatic heterocycles. The number of nitrogens with zero attached hydrogens (tertiary/aromatic N) is 1. The van der Waals surface area contributed by atoms with E-state index in [2.05, 4.69) is 11.8 Å². The molecule has 0 spiro atoms. The molecule has 0 saturated heterocycles. The van der Waals surface area contributed by atoms with Crippen molar-refractivity contribution >= 4 is 18.0 Å². The van der Waals surface area contributed by atoms with E-state index in [1.54, 1.807) is 12.1 Å². The minimum atomic E-state index is -0.464. The van der Waals surface area contributed by atoms with Crippen LogP contribution in [0.5, 0.6) is 0 Å². The molecule has 0 aliphatic rings. The Morgan fingerprint density at radius 2 is 1.68 bits per heavy atom. The second-order valence-corrected chi connectivity index (χ2v) is 4.30. The summed E-state index contributed by atoms with van der Waals surface area (Å²) in [6.45, 7) is 0.108. The van der Waals surface area contributed by atoms with Crippen LogP contribution < -0.4 is 4.31 Å². The lowest BCUT2D eigenvalue weighted by Gasteiger charge is -2.15. The van der Waals surface area contributed by atoms with Crippen LogP contribution in [-0.4, -0.2) is 6.54 Å². The predicted molar refractivity (Wildman–Crippen MR) is 75.8 cm³/mol. The van der Waals surface area contributed by atoms with E-state index >= 15 is 0 Å². The van der Waals surface area contributed by atoms with Crippen molar-refractivity contribution in [1.82, 2.24) is 0 Å². The van der Waals surface area contributed by atoms with E-state index in [9.17, 15) is 8.28 Å². The van der Waals surface area contributed by atoms with E-state index in [0.29, 0.717) is 0 Å². The molecule has 0 bridgehead atoms. The molecule has 0 fully saturated rings. The van der Waals surface area contributed by atoms with Crippen LogP contribution in [0.3, 0.4) is 0 Å². The Morgan fingerprint density at radius 3 is 2.37 bits per heavy atom. The summed E-state index contributed by atoms with van der Waals surface area (Å²) >= 11 is -0.0368. The summed E-state index contributed by atoms with van der Waals surface area (Å²) < 4.78 is 27.5. The number of hydrogen-bond acceptors (Lipinski definition) is 2.